The first-order valence-electron chi connectivity index (χ1n) is 11.0. The van der Waals surface area contributed by atoms with Crippen LogP contribution in [0.3, 0.4) is 0 Å². The van der Waals surface area contributed by atoms with Crippen LogP contribution in [0.2, 0.25) is 0 Å². The van der Waals surface area contributed by atoms with Crippen LogP contribution < -0.4 is 15.9 Å². The molecule has 0 fully saturated rings. The Morgan fingerprint density at radius 1 is 0.667 bits per heavy atom. The lowest BCUT2D eigenvalue weighted by molar-refractivity contribution is -0.140. The molecule has 0 saturated carbocycles. The zero-order valence-electron chi connectivity index (χ0n) is 18.9. The van der Waals surface area contributed by atoms with Crippen molar-refractivity contribution in [1.82, 2.24) is 0 Å². The van der Waals surface area contributed by atoms with Gasteiger partial charge in [-0.1, -0.05) is 85.4 Å². The summed E-state index contributed by atoms with van der Waals surface area (Å²) in [7, 11) is -1.93. The topological polar surface area (TPSA) is 26.3 Å². The molecule has 33 heavy (non-hydrogen) atoms. The standard InChI is InChI=1S/C30H28O2P/c1-24(2)30(31)32-22-25-18-20-26(21-19-25)23-33(27-12-6-3-7-13-27,28-14-8-4-9-15-28)29-16-10-5-11-17-29/h3-21H,1,22-23H2,2H3/q+1. The second kappa shape index (κ2) is 10.4. The molecule has 0 aliphatic carbocycles. The van der Waals surface area contributed by atoms with Crippen LogP contribution in [0.4, 0.5) is 0 Å². The van der Waals surface area contributed by atoms with Gasteiger partial charge in [0.1, 0.15) is 29.8 Å². The normalized spacial score (nSPS) is 11.1. The summed E-state index contributed by atoms with van der Waals surface area (Å²) in [5.74, 6) is -0.360. The summed E-state index contributed by atoms with van der Waals surface area (Å²) in [4.78, 5) is 11.7. The Morgan fingerprint density at radius 3 is 1.45 bits per heavy atom. The fraction of sp³-hybridized carbons (Fsp3) is 0.100. The summed E-state index contributed by atoms with van der Waals surface area (Å²) in [6, 6.07) is 41.0. The number of hydrogen-bond donors (Lipinski definition) is 0. The largest absolute Gasteiger partial charge is 0.457 e. The lowest BCUT2D eigenvalue weighted by Crippen LogP contribution is -2.32. The molecule has 0 amide bonds. The Hall–Kier alpha value is -3.48. The summed E-state index contributed by atoms with van der Waals surface area (Å²) in [5, 5.41) is 4.09. The first-order chi connectivity index (χ1) is 16.1. The second-order valence-electron chi connectivity index (χ2n) is 8.15. The van der Waals surface area contributed by atoms with E-state index < -0.39 is 7.26 Å². The van der Waals surface area contributed by atoms with E-state index in [1.54, 1.807) is 6.92 Å². The molecular formula is C30H28O2P+. The van der Waals surface area contributed by atoms with E-state index in [9.17, 15) is 4.79 Å². The highest BCUT2D eigenvalue weighted by Crippen LogP contribution is 2.58. The highest BCUT2D eigenvalue weighted by Gasteiger charge is 2.45. The number of carbonyl (C=O) groups excluding carboxylic acids is 1. The molecule has 2 nitrogen and oxygen atoms in total. The van der Waals surface area contributed by atoms with Crippen LogP contribution in [0.25, 0.3) is 0 Å². The molecule has 0 bridgehead atoms. The number of hydrogen-bond acceptors (Lipinski definition) is 2. The van der Waals surface area contributed by atoms with Crippen LogP contribution in [-0.4, -0.2) is 5.97 Å². The van der Waals surface area contributed by atoms with Gasteiger partial charge in [-0.05, 0) is 54.4 Å². The number of benzene rings is 4. The molecule has 0 aliphatic rings. The van der Waals surface area contributed by atoms with Crippen molar-refractivity contribution in [1.29, 1.82) is 0 Å². The van der Waals surface area contributed by atoms with Gasteiger partial charge in [-0.3, -0.25) is 0 Å². The Morgan fingerprint density at radius 2 is 1.06 bits per heavy atom. The average molecular weight is 452 g/mol. The molecule has 3 heteroatoms. The molecule has 0 aromatic heterocycles. The lowest BCUT2D eigenvalue weighted by Gasteiger charge is -2.28. The SMILES string of the molecule is C=C(C)C(=O)OCc1ccc(C[P+](c2ccccc2)(c2ccccc2)c2ccccc2)cc1. The molecule has 0 heterocycles. The van der Waals surface area contributed by atoms with Gasteiger partial charge in [-0.2, -0.15) is 0 Å². The predicted octanol–water partition coefficient (Wildman–Crippen LogP) is 5.80. The monoisotopic (exact) mass is 451 g/mol. The molecule has 4 aromatic rings. The summed E-state index contributed by atoms with van der Waals surface area (Å²) in [6.45, 7) is 5.55. The Labute approximate surface area is 196 Å². The molecule has 0 radical (unpaired) electrons. The van der Waals surface area contributed by atoms with Gasteiger partial charge in [0.15, 0.2) is 0 Å². The van der Waals surface area contributed by atoms with Crippen molar-refractivity contribution < 1.29 is 9.53 Å². The van der Waals surface area contributed by atoms with E-state index in [2.05, 4.69) is 122 Å². The zero-order valence-corrected chi connectivity index (χ0v) is 19.7. The van der Waals surface area contributed by atoms with Crippen molar-refractivity contribution in [3.05, 3.63) is 139 Å². The van der Waals surface area contributed by atoms with E-state index in [1.807, 2.05) is 0 Å². The van der Waals surface area contributed by atoms with E-state index in [4.69, 9.17) is 4.74 Å². The van der Waals surface area contributed by atoms with Crippen molar-refractivity contribution in [3.8, 4) is 0 Å². The van der Waals surface area contributed by atoms with Gasteiger partial charge in [-0.25, -0.2) is 4.79 Å². The van der Waals surface area contributed by atoms with Crippen LogP contribution in [0.5, 0.6) is 0 Å². The Bertz CT molecular complexity index is 1100. The van der Waals surface area contributed by atoms with Gasteiger partial charge < -0.3 is 4.74 Å². The van der Waals surface area contributed by atoms with Crippen molar-refractivity contribution in [2.45, 2.75) is 19.7 Å². The lowest BCUT2D eigenvalue weighted by atomic mass is 10.2. The first kappa shape index (κ1) is 22.7. The van der Waals surface area contributed by atoms with E-state index in [0.29, 0.717) is 5.57 Å². The molecule has 4 rings (SSSR count). The third kappa shape index (κ3) is 5.13. The minimum Gasteiger partial charge on any atom is -0.457 e. The van der Waals surface area contributed by atoms with Crippen LogP contribution in [0.1, 0.15) is 18.1 Å². The Kier molecular flexibility index (Phi) is 7.17. The maximum Gasteiger partial charge on any atom is 0.333 e. The fourth-order valence-corrected chi connectivity index (χ4v) is 8.30. The molecule has 0 N–H and O–H groups in total. The second-order valence-corrected chi connectivity index (χ2v) is 11.6. The van der Waals surface area contributed by atoms with E-state index in [1.165, 1.54) is 21.5 Å². The summed E-state index contributed by atoms with van der Waals surface area (Å²) in [6.07, 6.45) is 0.914. The maximum absolute atomic E-state index is 11.7. The van der Waals surface area contributed by atoms with Crippen molar-refractivity contribution in [3.63, 3.8) is 0 Å². The number of rotatable bonds is 8. The Balaban J connectivity index is 1.75. The summed E-state index contributed by atoms with van der Waals surface area (Å²) >= 11 is 0. The number of esters is 1. The van der Waals surface area contributed by atoms with Crippen molar-refractivity contribution in [2.24, 2.45) is 0 Å². The smallest absolute Gasteiger partial charge is 0.333 e. The van der Waals surface area contributed by atoms with E-state index in [-0.39, 0.29) is 12.6 Å². The van der Waals surface area contributed by atoms with Gasteiger partial charge in [0.2, 0.25) is 0 Å². The maximum atomic E-state index is 11.7. The minimum atomic E-state index is -1.93. The van der Waals surface area contributed by atoms with Gasteiger partial charge in [0.05, 0.1) is 6.16 Å². The van der Waals surface area contributed by atoms with Crippen LogP contribution in [0.15, 0.2) is 127 Å². The molecule has 0 spiro atoms. The average Bonchev–Trinajstić information content (AvgIpc) is 2.88. The molecule has 164 valence electrons. The summed E-state index contributed by atoms with van der Waals surface area (Å²) in [5.41, 5.74) is 2.64. The van der Waals surface area contributed by atoms with Crippen molar-refractivity contribution in [2.75, 3.05) is 0 Å². The van der Waals surface area contributed by atoms with E-state index in [0.717, 1.165) is 11.7 Å². The third-order valence-corrected chi connectivity index (χ3v) is 10.1. The first-order valence-corrected chi connectivity index (χ1v) is 13.0. The third-order valence-electron chi connectivity index (χ3n) is 5.75. The zero-order chi connectivity index (χ0) is 23.1. The fourth-order valence-electron chi connectivity index (χ4n) is 4.06. The van der Waals surface area contributed by atoms with Crippen LogP contribution >= 0.6 is 7.26 Å². The van der Waals surface area contributed by atoms with Gasteiger partial charge in [-0.15, -0.1) is 0 Å². The predicted molar refractivity (Wildman–Crippen MR) is 140 cm³/mol. The number of ether oxygens (including phenoxy) is 1. The molecular weight excluding hydrogens is 423 g/mol. The van der Waals surface area contributed by atoms with Crippen molar-refractivity contribution >= 4 is 29.1 Å². The summed E-state index contributed by atoms with van der Waals surface area (Å²) < 4.78 is 5.31. The molecule has 0 atom stereocenters. The quantitative estimate of drug-likeness (QED) is 0.192. The van der Waals surface area contributed by atoms with Crippen LogP contribution in [-0.2, 0) is 22.3 Å². The highest BCUT2D eigenvalue weighted by atomic mass is 31.2. The molecule has 0 aliphatic heterocycles. The number of carbonyl (C=O) groups is 1. The minimum absolute atomic E-state index is 0.252. The highest BCUT2D eigenvalue weighted by molar-refractivity contribution is 7.95. The van der Waals surface area contributed by atoms with E-state index >= 15 is 0 Å². The van der Waals surface area contributed by atoms with Gasteiger partial charge >= 0.3 is 5.97 Å². The van der Waals surface area contributed by atoms with Gasteiger partial charge in [0, 0.05) is 5.57 Å². The van der Waals surface area contributed by atoms with Crippen LogP contribution in [0, 0.1) is 0 Å². The molecule has 4 aromatic carbocycles. The molecule has 0 saturated heterocycles. The van der Waals surface area contributed by atoms with Gasteiger partial charge in [0.25, 0.3) is 0 Å². The molecule has 0 unspecified atom stereocenters.